The van der Waals surface area contributed by atoms with Crippen LogP contribution in [-0.2, 0) is 13.2 Å². The number of amides is 2. The average molecular weight is 650 g/mol. The summed E-state index contributed by atoms with van der Waals surface area (Å²) in [4.78, 5) is 50.8. The Morgan fingerprint density at radius 2 is 1.64 bits per heavy atom. The van der Waals surface area contributed by atoms with Gasteiger partial charge in [-0.2, -0.15) is 13.2 Å². The molecule has 3 aromatic rings. The van der Waals surface area contributed by atoms with Crippen molar-refractivity contribution in [3.8, 4) is 11.3 Å². The average Bonchev–Trinajstić information content (AvgIpc) is 3.47. The van der Waals surface area contributed by atoms with Gasteiger partial charge < -0.3 is 24.6 Å². The van der Waals surface area contributed by atoms with Crippen molar-refractivity contribution in [2.75, 3.05) is 63.6 Å². The zero-order valence-corrected chi connectivity index (χ0v) is 26.4. The van der Waals surface area contributed by atoms with Gasteiger partial charge in [-0.3, -0.25) is 19.3 Å². The number of benzene rings is 1. The number of halogens is 4. The fraction of sp³-hybridized carbons (Fsp3) is 0.467. The van der Waals surface area contributed by atoms with Crippen LogP contribution >= 0.6 is 11.3 Å². The normalized spacial score (nSPS) is 20.0. The molecule has 0 saturated carbocycles. The molecular weight excluding hydrogens is 614 g/mol. The predicted molar refractivity (Wildman–Crippen MR) is 164 cm³/mol. The molecule has 2 aromatic heterocycles. The molecule has 0 aliphatic carbocycles. The van der Waals surface area contributed by atoms with Crippen LogP contribution in [0.3, 0.4) is 0 Å². The summed E-state index contributed by atoms with van der Waals surface area (Å²) in [6.07, 6.45) is -4.13. The number of pyridine rings is 1. The molecule has 2 saturated heterocycles. The molecule has 0 spiro atoms. The second-order valence-corrected chi connectivity index (χ2v) is 12.6. The van der Waals surface area contributed by atoms with E-state index in [0.29, 0.717) is 37.9 Å². The van der Waals surface area contributed by atoms with E-state index in [2.05, 4.69) is 20.1 Å². The number of likely N-dealkylation sites (N-methyl/N-ethyl adjacent to an activating group) is 2. The lowest BCUT2D eigenvalue weighted by atomic mass is 10.0. The topological polar surface area (TPSA) is 94.0 Å². The van der Waals surface area contributed by atoms with Crippen LogP contribution in [0.5, 0.6) is 0 Å². The molecule has 2 fully saturated rings. The largest absolute Gasteiger partial charge is 0.417 e. The molecule has 0 bridgehead atoms. The first-order chi connectivity index (χ1) is 21.1. The van der Waals surface area contributed by atoms with Gasteiger partial charge in [-0.25, -0.2) is 9.37 Å². The van der Waals surface area contributed by atoms with Crippen molar-refractivity contribution >= 4 is 34.5 Å². The molecule has 242 valence electrons. The van der Waals surface area contributed by atoms with Crippen LogP contribution < -0.4 is 15.8 Å². The van der Waals surface area contributed by atoms with Crippen LogP contribution in [0.2, 0.25) is 0 Å². The third-order valence-corrected chi connectivity index (χ3v) is 9.40. The van der Waals surface area contributed by atoms with Gasteiger partial charge in [0.15, 0.2) is 5.01 Å². The van der Waals surface area contributed by atoms with Crippen LogP contribution in [-0.4, -0.2) is 102 Å². The SMILES string of the molecule is C[C@@H]1CN(c2cc(F)c(-c3csc(C(=O)N4CCN(C)CC4)n3)cc2NC(=O)c2cn(C)c(=O)cc2C(F)(F)F)C[C@H](C)N1C. The molecule has 2 aliphatic rings. The van der Waals surface area contributed by atoms with Crippen LogP contribution in [0.1, 0.15) is 39.6 Å². The van der Waals surface area contributed by atoms with Gasteiger partial charge in [0.2, 0.25) is 0 Å². The highest BCUT2D eigenvalue weighted by Crippen LogP contribution is 2.37. The molecular formula is C30H35F4N7O3S. The number of nitrogens with zero attached hydrogens (tertiary/aromatic N) is 6. The Bertz CT molecular complexity index is 1650. The Balaban J connectivity index is 1.55. The molecule has 4 heterocycles. The smallest absolute Gasteiger partial charge is 0.367 e. The van der Waals surface area contributed by atoms with E-state index in [-0.39, 0.29) is 39.9 Å². The summed E-state index contributed by atoms with van der Waals surface area (Å²) >= 11 is 1.07. The van der Waals surface area contributed by atoms with Gasteiger partial charge in [-0.1, -0.05) is 0 Å². The number of hydrogen-bond acceptors (Lipinski definition) is 8. The number of hydrogen-bond donors (Lipinski definition) is 1. The monoisotopic (exact) mass is 649 g/mol. The van der Waals surface area contributed by atoms with E-state index in [1.165, 1.54) is 19.2 Å². The number of nitrogens with one attached hydrogen (secondary N) is 1. The fourth-order valence-electron chi connectivity index (χ4n) is 5.60. The number of carbonyl (C=O) groups is 2. The molecule has 2 atom stereocenters. The van der Waals surface area contributed by atoms with Gasteiger partial charge in [-0.05, 0) is 34.0 Å². The highest BCUT2D eigenvalue weighted by atomic mass is 32.1. The minimum atomic E-state index is -4.97. The maximum absolute atomic E-state index is 15.9. The van der Waals surface area contributed by atoms with Crippen molar-refractivity contribution in [1.29, 1.82) is 0 Å². The van der Waals surface area contributed by atoms with Crippen LogP contribution in [0.15, 0.2) is 34.6 Å². The summed E-state index contributed by atoms with van der Waals surface area (Å²) in [5.74, 6) is -2.04. The van der Waals surface area contributed by atoms with Gasteiger partial charge in [0.25, 0.3) is 17.4 Å². The van der Waals surface area contributed by atoms with E-state index in [1.807, 2.05) is 32.8 Å². The molecule has 2 aliphatic heterocycles. The first-order valence-electron chi connectivity index (χ1n) is 14.5. The van der Waals surface area contributed by atoms with E-state index < -0.39 is 34.6 Å². The van der Waals surface area contributed by atoms with E-state index in [1.54, 1.807) is 10.3 Å². The lowest BCUT2D eigenvalue weighted by Gasteiger charge is -2.44. The Hall–Kier alpha value is -3.82. The van der Waals surface area contributed by atoms with Gasteiger partial charge >= 0.3 is 6.18 Å². The lowest BCUT2D eigenvalue weighted by molar-refractivity contribution is -0.138. The fourth-order valence-corrected chi connectivity index (χ4v) is 6.38. The highest BCUT2D eigenvalue weighted by molar-refractivity contribution is 7.12. The van der Waals surface area contributed by atoms with Gasteiger partial charge in [0.1, 0.15) is 5.82 Å². The molecule has 1 aromatic carbocycles. The van der Waals surface area contributed by atoms with Gasteiger partial charge in [-0.15, -0.1) is 11.3 Å². The van der Waals surface area contributed by atoms with Crippen LogP contribution in [0.25, 0.3) is 11.3 Å². The Morgan fingerprint density at radius 3 is 2.27 bits per heavy atom. The molecule has 10 nitrogen and oxygen atoms in total. The first kappa shape index (κ1) is 32.6. The second-order valence-electron chi connectivity index (χ2n) is 11.8. The number of alkyl halides is 3. The van der Waals surface area contributed by atoms with Crippen molar-refractivity contribution in [2.24, 2.45) is 7.05 Å². The Labute approximate surface area is 261 Å². The van der Waals surface area contributed by atoms with Crippen molar-refractivity contribution in [2.45, 2.75) is 32.1 Å². The van der Waals surface area contributed by atoms with Crippen molar-refractivity contribution < 1.29 is 27.2 Å². The van der Waals surface area contributed by atoms with Crippen LogP contribution in [0.4, 0.5) is 28.9 Å². The highest BCUT2D eigenvalue weighted by Gasteiger charge is 2.37. The Kier molecular flexibility index (Phi) is 9.06. The van der Waals surface area contributed by atoms with Gasteiger partial charge in [0, 0.05) is 87.7 Å². The zero-order chi connectivity index (χ0) is 32.8. The molecule has 0 unspecified atom stereocenters. The number of rotatable bonds is 5. The maximum atomic E-state index is 15.9. The van der Waals surface area contributed by atoms with Crippen molar-refractivity contribution in [3.63, 3.8) is 0 Å². The van der Waals surface area contributed by atoms with E-state index in [0.717, 1.165) is 35.2 Å². The van der Waals surface area contributed by atoms with E-state index in [9.17, 15) is 27.6 Å². The second kappa shape index (κ2) is 12.5. The third-order valence-electron chi connectivity index (χ3n) is 8.57. The first-order valence-corrected chi connectivity index (χ1v) is 15.4. The molecule has 0 radical (unpaired) electrons. The summed E-state index contributed by atoms with van der Waals surface area (Å²) in [6, 6.07) is 3.07. The standard InChI is InChI=1S/C30H35F4N7O3S/c1-17-13-41(14-18(2)39(17)5)25-12-22(31)19(24-16-45-28(36-24)29(44)40-8-6-37(3)7-9-40)10-23(25)35-27(43)20-15-38(4)26(42)11-21(20)30(32,33)34/h10-12,15-18H,6-9,13-14H2,1-5H3,(H,35,43)/t17-,18+. The molecule has 1 N–H and O–H groups in total. The number of aromatic nitrogens is 2. The Morgan fingerprint density at radius 1 is 1.00 bits per heavy atom. The van der Waals surface area contributed by atoms with Crippen LogP contribution in [0, 0.1) is 5.82 Å². The number of carbonyl (C=O) groups excluding carboxylic acids is 2. The number of aryl methyl sites for hydroxylation is 1. The minimum Gasteiger partial charge on any atom is -0.367 e. The van der Waals surface area contributed by atoms with E-state index >= 15 is 4.39 Å². The quantitative estimate of drug-likeness (QED) is 0.420. The predicted octanol–water partition coefficient (Wildman–Crippen LogP) is 3.84. The minimum absolute atomic E-state index is 0.0190. The lowest BCUT2D eigenvalue weighted by Crippen LogP contribution is -2.55. The number of piperazine rings is 2. The maximum Gasteiger partial charge on any atom is 0.417 e. The van der Waals surface area contributed by atoms with Crippen molar-refractivity contribution in [3.05, 3.63) is 62.1 Å². The summed E-state index contributed by atoms with van der Waals surface area (Å²) in [5, 5.41) is 4.30. The number of anilines is 2. The molecule has 15 heteroatoms. The summed E-state index contributed by atoms with van der Waals surface area (Å²) < 4.78 is 58.4. The molecule has 2 amide bonds. The third kappa shape index (κ3) is 6.75. The molecule has 5 rings (SSSR count). The van der Waals surface area contributed by atoms with Gasteiger partial charge in [0.05, 0.1) is 28.2 Å². The van der Waals surface area contributed by atoms with E-state index in [4.69, 9.17) is 0 Å². The number of thiazole rings is 1. The van der Waals surface area contributed by atoms with Crippen molar-refractivity contribution in [1.82, 2.24) is 24.3 Å². The summed E-state index contributed by atoms with van der Waals surface area (Å²) in [7, 11) is 5.19. The zero-order valence-electron chi connectivity index (χ0n) is 25.6. The summed E-state index contributed by atoms with van der Waals surface area (Å²) in [6.45, 7) is 7.45. The summed E-state index contributed by atoms with van der Waals surface area (Å²) in [5.41, 5.74) is -2.55. The molecule has 45 heavy (non-hydrogen) atoms.